The maximum absolute atomic E-state index is 13.6. The normalized spacial score (nSPS) is 25.2. The number of rotatable bonds is 10. The molecule has 2 heterocycles. The average Bonchev–Trinajstić information content (AvgIpc) is 3.08. The van der Waals surface area contributed by atoms with Gasteiger partial charge in [-0.3, -0.25) is 18.6 Å². The van der Waals surface area contributed by atoms with E-state index < -0.39 is 67.3 Å². The summed E-state index contributed by atoms with van der Waals surface area (Å²) in [4.78, 5) is 39.3. The number of H-pyrrole nitrogens is 1. The van der Waals surface area contributed by atoms with Crippen LogP contribution in [0.1, 0.15) is 27.0 Å². The van der Waals surface area contributed by atoms with Crippen molar-refractivity contribution in [1.29, 1.82) is 0 Å². The molecule has 2 aromatic rings. The third kappa shape index (κ3) is 7.03. The van der Waals surface area contributed by atoms with Gasteiger partial charge in [-0.05, 0) is 44.5 Å². The summed E-state index contributed by atoms with van der Waals surface area (Å²) < 4.78 is 41.4. The molecule has 0 saturated carbocycles. The molecule has 0 aliphatic carbocycles. The molecule has 1 aliphatic heterocycles. The van der Waals surface area contributed by atoms with E-state index in [0.717, 1.165) is 10.9 Å². The molecule has 0 radical (unpaired) electrons. The van der Waals surface area contributed by atoms with Crippen LogP contribution in [-0.4, -0.2) is 61.5 Å². The highest BCUT2D eigenvalue weighted by Gasteiger charge is 2.57. The Balaban J connectivity index is 1.86. The molecule has 0 bridgehead atoms. The number of alkyl halides is 1. The Hall–Kier alpha value is -2.69. The zero-order chi connectivity index (χ0) is 28.1. The van der Waals surface area contributed by atoms with Gasteiger partial charge in [0.05, 0.1) is 12.7 Å². The third-order valence-electron chi connectivity index (χ3n) is 5.01. The minimum Gasteiger partial charge on any atom is -0.461 e. The number of carbonyl (C=O) groups is 1. The number of phosphoric acid groups is 1. The highest BCUT2D eigenvalue weighted by Crippen LogP contribution is 2.52. The molecule has 1 fully saturated rings. The van der Waals surface area contributed by atoms with Gasteiger partial charge in [0.15, 0.2) is 17.2 Å². The van der Waals surface area contributed by atoms with Crippen LogP contribution < -0.4 is 15.9 Å². The molecule has 1 aromatic carbocycles. The fraction of sp³-hybridized carbons (Fsp3) is 0.455. The number of phosphoric ester groups is 1. The molecule has 16 heteroatoms. The molecule has 0 amide bonds. The number of nitrogens with zero attached hydrogens (tertiary/aromatic N) is 2. The molecule has 1 aromatic heterocycles. The van der Waals surface area contributed by atoms with Crippen LogP contribution >= 0.6 is 31.0 Å². The van der Waals surface area contributed by atoms with Gasteiger partial charge in [0.25, 0.3) is 0 Å². The van der Waals surface area contributed by atoms with E-state index in [-0.39, 0.29) is 5.75 Å². The smallest absolute Gasteiger partial charge is 0.461 e. The third-order valence-corrected chi connectivity index (χ3v) is 7.09. The number of aromatic amines is 1. The molecule has 206 valence electrons. The number of hydrogen-bond acceptors (Lipinski definition) is 11. The minimum absolute atomic E-state index is 0.0941. The zero-order valence-electron chi connectivity index (χ0n) is 20.3. The van der Waals surface area contributed by atoms with Gasteiger partial charge in [-0.1, -0.05) is 35.7 Å². The summed E-state index contributed by atoms with van der Waals surface area (Å²) in [5.41, 5.74) is -1.88. The maximum Gasteiger partial charge on any atom is 0.530 e. The van der Waals surface area contributed by atoms with E-state index in [2.05, 4.69) is 10.9 Å². The molecule has 2 unspecified atom stereocenters. The van der Waals surface area contributed by atoms with Crippen LogP contribution in [0, 0.1) is 11.3 Å². The quantitative estimate of drug-likeness (QED) is 0.179. The van der Waals surface area contributed by atoms with Gasteiger partial charge in [-0.25, -0.2) is 18.9 Å². The number of aromatic nitrogens is 3. The van der Waals surface area contributed by atoms with Crippen molar-refractivity contribution < 1.29 is 37.5 Å². The summed E-state index contributed by atoms with van der Waals surface area (Å²) in [6.45, 7) is 3.88. The number of aliphatic hydroxyl groups excluding tert-OH is 1. The lowest BCUT2D eigenvalue weighted by Gasteiger charge is -2.25. The predicted molar refractivity (Wildman–Crippen MR) is 134 cm³/mol. The Morgan fingerprint density at radius 3 is 2.61 bits per heavy atom. The van der Waals surface area contributed by atoms with Gasteiger partial charge in [0.2, 0.25) is 0 Å². The zero-order valence-corrected chi connectivity index (χ0v) is 22.7. The van der Waals surface area contributed by atoms with Gasteiger partial charge < -0.3 is 19.1 Å². The topological polar surface area (TPSA) is 168 Å². The van der Waals surface area contributed by atoms with Crippen LogP contribution in [0.4, 0.5) is 0 Å². The van der Waals surface area contributed by atoms with Crippen molar-refractivity contribution in [2.45, 2.75) is 56.3 Å². The van der Waals surface area contributed by atoms with Gasteiger partial charge in [0.1, 0.15) is 24.3 Å². The lowest BCUT2D eigenvalue weighted by atomic mass is 10.00. The first-order valence-electron chi connectivity index (χ1n) is 11.1. The van der Waals surface area contributed by atoms with E-state index in [0.29, 0.717) is 0 Å². The summed E-state index contributed by atoms with van der Waals surface area (Å²) in [5, 5.41) is 13.0. The molecule has 1 aliphatic rings. The number of esters is 1. The Morgan fingerprint density at radius 1 is 1.32 bits per heavy atom. The first-order chi connectivity index (χ1) is 17.9. The van der Waals surface area contributed by atoms with Gasteiger partial charge >= 0.3 is 25.2 Å². The fourth-order valence-electron chi connectivity index (χ4n) is 3.30. The molecule has 0 spiro atoms. The van der Waals surface area contributed by atoms with Gasteiger partial charge in [0, 0.05) is 5.38 Å². The largest absolute Gasteiger partial charge is 0.530 e. The molecular weight excluding hydrogens is 568 g/mol. The van der Waals surface area contributed by atoms with Crippen LogP contribution in [-0.2, 0) is 27.9 Å². The number of ether oxygens (including phenoxy) is 2. The van der Waals surface area contributed by atoms with Crippen LogP contribution in [0.15, 0.2) is 46.2 Å². The van der Waals surface area contributed by atoms with Crippen LogP contribution in [0.3, 0.4) is 0 Å². The summed E-state index contributed by atoms with van der Waals surface area (Å²) in [6.07, 6.45) is -5.53. The number of para-hydroxylation sites is 1. The summed E-state index contributed by atoms with van der Waals surface area (Å²) >= 11 is 12.1. The van der Waals surface area contributed by atoms with Crippen molar-refractivity contribution in [2.75, 3.05) is 6.61 Å². The lowest BCUT2D eigenvalue weighted by Crippen LogP contribution is -2.44. The number of hydrogen-bond donors (Lipinski definition) is 2. The minimum atomic E-state index is -4.56. The number of halogens is 2. The first kappa shape index (κ1) is 29.9. The van der Waals surface area contributed by atoms with Gasteiger partial charge in [-0.15, -0.1) is 0 Å². The number of nitrogens with one attached hydrogen (secondary N) is 1. The first-order valence-corrected chi connectivity index (χ1v) is 13.3. The van der Waals surface area contributed by atoms with Crippen LogP contribution in [0.2, 0.25) is 0 Å². The Morgan fingerprint density at radius 2 is 2.00 bits per heavy atom. The monoisotopic (exact) mass is 591 g/mol. The van der Waals surface area contributed by atoms with E-state index in [1.807, 2.05) is 10.4 Å². The number of benzene rings is 1. The van der Waals surface area contributed by atoms with E-state index in [1.54, 1.807) is 32.0 Å². The van der Waals surface area contributed by atoms with Crippen LogP contribution in [0.25, 0.3) is 0 Å². The molecule has 3 rings (SSSR count). The second-order valence-corrected chi connectivity index (χ2v) is 10.6. The highest BCUT2D eigenvalue weighted by molar-refractivity contribution is 7.49. The van der Waals surface area contributed by atoms with Crippen LogP contribution in [0.5, 0.6) is 5.75 Å². The van der Waals surface area contributed by atoms with Crippen molar-refractivity contribution in [1.82, 2.24) is 14.5 Å². The summed E-state index contributed by atoms with van der Waals surface area (Å²) in [7, 11) is -4.56. The van der Waals surface area contributed by atoms with Gasteiger partial charge in [-0.2, -0.15) is 4.98 Å². The predicted octanol–water partition coefficient (Wildman–Crippen LogP) is 1.93. The SMILES string of the molecule is CC(C)OC(=O)[C@H](C)OP(=O)(OC[C@H]1O[C@@H](n2cnc(=O)[nH]c2=O)C(Cl)(C#CCl)[C@H]1O)Oc1ccccc1. The maximum atomic E-state index is 13.6. The molecule has 38 heavy (non-hydrogen) atoms. The lowest BCUT2D eigenvalue weighted by molar-refractivity contribution is -0.156. The van der Waals surface area contributed by atoms with Crippen molar-refractivity contribution in [3.63, 3.8) is 0 Å². The molecule has 6 atom stereocenters. The average molecular weight is 592 g/mol. The Bertz CT molecular complexity index is 1360. The van der Waals surface area contributed by atoms with E-state index >= 15 is 0 Å². The second kappa shape index (κ2) is 12.4. The summed E-state index contributed by atoms with van der Waals surface area (Å²) in [6, 6.07) is 7.85. The molecule has 13 nitrogen and oxygen atoms in total. The van der Waals surface area contributed by atoms with E-state index in [9.17, 15) is 24.1 Å². The standard InChI is InChI=1S/C22H24Cl2N3O10P/c1-13(2)34-18(29)14(3)36-38(32,37-15-7-5-4-6-8-15)33-11-16-17(28)22(24,9-10-23)19(35-16)27-12-25-20(30)26-21(27)31/h4-8,12-14,16-17,19,28H,11H2,1-3H3,(H,26,30,31)/t14-,16+,17-,19+,22?,38?/m0/s1. The Kier molecular flexibility index (Phi) is 9.78. The Labute approximate surface area is 226 Å². The van der Waals surface area contributed by atoms with Crippen molar-refractivity contribution in [3.05, 3.63) is 57.6 Å². The van der Waals surface area contributed by atoms with Crippen molar-refractivity contribution >= 4 is 37.0 Å². The number of aliphatic hydroxyl groups is 1. The molecular formula is C22H24Cl2N3O10P. The van der Waals surface area contributed by atoms with Crippen molar-refractivity contribution in [3.8, 4) is 17.0 Å². The van der Waals surface area contributed by atoms with E-state index in [4.69, 9.17) is 46.2 Å². The number of carbonyl (C=O) groups excluding carboxylic acids is 1. The van der Waals surface area contributed by atoms with E-state index in [1.165, 1.54) is 19.1 Å². The van der Waals surface area contributed by atoms with Crippen molar-refractivity contribution in [2.24, 2.45) is 0 Å². The molecule has 1 saturated heterocycles. The second-order valence-electron chi connectivity index (χ2n) is 8.23. The fourth-order valence-corrected chi connectivity index (χ4v) is 5.19. The highest BCUT2D eigenvalue weighted by atomic mass is 35.5. The summed E-state index contributed by atoms with van der Waals surface area (Å²) in [5.74, 6) is 1.65. The molecule has 2 N–H and O–H groups in total.